The lowest BCUT2D eigenvalue weighted by Gasteiger charge is -2.34. The van der Waals surface area contributed by atoms with E-state index in [9.17, 15) is 19.5 Å². The van der Waals surface area contributed by atoms with Crippen molar-refractivity contribution in [3.05, 3.63) is 59.7 Å². The summed E-state index contributed by atoms with van der Waals surface area (Å²) in [7, 11) is 0. The van der Waals surface area contributed by atoms with Crippen LogP contribution < -0.4 is 5.32 Å². The minimum Gasteiger partial charge on any atom is -0.480 e. The molecule has 7 heteroatoms. The number of likely N-dealkylation sites (tertiary alicyclic amines) is 1. The Bertz CT molecular complexity index is 1010. The first-order valence-electron chi connectivity index (χ1n) is 12.1. The number of carbonyl (C=O) groups is 3. The summed E-state index contributed by atoms with van der Waals surface area (Å²) in [4.78, 5) is 38.6. The number of hydrogen-bond donors (Lipinski definition) is 2. The van der Waals surface area contributed by atoms with E-state index in [2.05, 4.69) is 29.6 Å². The molecule has 2 aliphatic rings. The fourth-order valence-corrected chi connectivity index (χ4v) is 5.20. The molecule has 0 aromatic heterocycles. The number of rotatable bonds is 8. The quantitative estimate of drug-likeness (QED) is 0.598. The molecular formula is C27H32N2O5. The molecular weight excluding hydrogens is 432 g/mol. The van der Waals surface area contributed by atoms with Gasteiger partial charge in [-0.3, -0.25) is 4.79 Å². The van der Waals surface area contributed by atoms with E-state index in [-0.39, 0.29) is 24.9 Å². The SMILES string of the molecule is CCCC(CC(=O)N1CCCC[C@@H]1C(=O)O)NC(=O)OCC1c2ccccc2-c2ccccc21. The number of piperidine rings is 1. The van der Waals surface area contributed by atoms with Gasteiger partial charge in [0.25, 0.3) is 0 Å². The van der Waals surface area contributed by atoms with E-state index in [0.29, 0.717) is 19.4 Å². The molecule has 4 rings (SSSR count). The van der Waals surface area contributed by atoms with E-state index >= 15 is 0 Å². The van der Waals surface area contributed by atoms with E-state index in [1.54, 1.807) is 0 Å². The molecule has 34 heavy (non-hydrogen) atoms. The number of amides is 2. The van der Waals surface area contributed by atoms with Crippen molar-refractivity contribution >= 4 is 18.0 Å². The first-order valence-corrected chi connectivity index (χ1v) is 12.1. The van der Waals surface area contributed by atoms with E-state index in [4.69, 9.17) is 4.74 Å². The van der Waals surface area contributed by atoms with Crippen molar-refractivity contribution in [2.75, 3.05) is 13.2 Å². The molecule has 1 fully saturated rings. The van der Waals surface area contributed by atoms with Crippen molar-refractivity contribution in [2.24, 2.45) is 0 Å². The van der Waals surface area contributed by atoms with Gasteiger partial charge >= 0.3 is 12.1 Å². The van der Waals surface area contributed by atoms with Crippen LogP contribution in [0.25, 0.3) is 11.1 Å². The van der Waals surface area contributed by atoms with Gasteiger partial charge in [0.2, 0.25) is 5.91 Å². The molecule has 180 valence electrons. The second kappa shape index (κ2) is 10.7. The first kappa shape index (κ1) is 23.8. The molecule has 0 saturated carbocycles. The number of nitrogens with one attached hydrogen (secondary N) is 1. The highest BCUT2D eigenvalue weighted by Gasteiger charge is 2.33. The third-order valence-corrected chi connectivity index (χ3v) is 6.83. The molecule has 2 N–H and O–H groups in total. The molecule has 1 aliphatic heterocycles. The summed E-state index contributed by atoms with van der Waals surface area (Å²) < 4.78 is 5.63. The molecule has 1 saturated heterocycles. The monoisotopic (exact) mass is 464 g/mol. The number of carboxylic acids is 1. The highest BCUT2D eigenvalue weighted by molar-refractivity contribution is 5.84. The number of aliphatic carboxylic acids is 1. The van der Waals surface area contributed by atoms with Gasteiger partial charge in [0.05, 0.1) is 0 Å². The number of hydrogen-bond acceptors (Lipinski definition) is 4. The minimum absolute atomic E-state index is 0.0333. The Morgan fingerprint density at radius 3 is 2.32 bits per heavy atom. The van der Waals surface area contributed by atoms with E-state index in [1.807, 2.05) is 31.2 Å². The Morgan fingerprint density at radius 1 is 1.06 bits per heavy atom. The van der Waals surface area contributed by atoms with Crippen LogP contribution in [0.15, 0.2) is 48.5 Å². The smallest absolute Gasteiger partial charge is 0.407 e. The lowest BCUT2D eigenvalue weighted by Crippen LogP contribution is -2.50. The molecule has 0 bridgehead atoms. The van der Waals surface area contributed by atoms with Gasteiger partial charge in [0.1, 0.15) is 12.6 Å². The Labute approximate surface area is 200 Å². The van der Waals surface area contributed by atoms with Crippen LogP contribution in [0.5, 0.6) is 0 Å². The lowest BCUT2D eigenvalue weighted by atomic mass is 9.98. The summed E-state index contributed by atoms with van der Waals surface area (Å²) in [5.41, 5.74) is 4.61. The Balaban J connectivity index is 1.37. The van der Waals surface area contributed by atoms with Gasteiger partial charge in [-0.15, -0.1) is 0 Å². The van der Waals surface area contributed by atoms with Gasteiger partial charge in [0, 0.05) is 24.9 Å². The minimum atomic E-state index is -0.968. The third kappa shape index (κ3) is 5.08. The topological polar surface area (TPSA) is 95.9 Å². The van der Waals surface area contributed by atoms with Crippen molar-refractivity contribution in [1.29, 1.82) is 0 Å². The molecule has 2 aromatic rings. The summed E-state index contributed by atoms with van der Waals surface area (Å²) in [5, 5.41) is 12.3. The zero-order valence-electron chi connectivity index (χ0n) is 19.5. The lowest BCUT2D eigenvalue weighted by molar-refractivity contribution is -0.152. The van der Waals surface area contributed by atoms with Crippen LogP contribution in [0.1, 0.15) is 62.5 Å². The fourth-order valence-electron chi connectivity index (χ4n) is 5.20. The zero-order valence-corrected chi connectivity index (χ0v) is 19.5. The summed E-state index contributed by atoms with van der Waals surface area (Å²) >= 11 is 0. The van der Waals surface area contributed by atoms with Gasteiger partial charge < -0.3 is 20.1 Å². The van der Waals surface area contributed by atoms with Crippen molar-refractivity contribution in [1.82, 2.24) is 10.2 Å². The average Bonchev–Trinajstić information content (AvgIpc) is 3.16. The zero-order chi connectivity index (χ0) is 24.1. The van der Waals surface area contributed by atoms with E-state index < -0.39 is 24.1 Å². The van der Waals surface area contributed by atoms with Crippen LogP contribution in [-0.2, 0) is 14.3 Å². The molecule has 1 aliphatic carbocycles. The summed E-state index contributed by atoms with van der Waals surface area (Å²) in [6.07, 6.45) is 2.99. The maximum atomic E-state index is 12.9. The van der Waals surface area contributed by atoms with Crippen LogP contribution in [0, 0.1) is 0 Å². The highest BCUT2D eigenvalue weighted by atomic mass is 16.5. The molecule has 0 spiro atoms. The second-order valence-electron chi connectivity index (χ2n) is 9.10. The number of carbonyl (C=O) groups excluding carboxylic acids is 2. The second-order valence-corrected chi connectivity index (χ2v) is 9.10. The molecule has 1 unspecified atom stereocenters. The van der Waals surface area contributed by atoms with Crippen LogP contribution in [0.2, 0.25) is 0 Å². The van der Waals surface area contributed by atoms with Crippen LogP contribution in [0.3, 0.4) is 0 Å². The van der Waals surface area contributed by atoms with Crippen molar-refractivity contribution in [2.45, 2.75) is 63.5 Å². The standard InChI is InChI=1S/C27H32N2O5/c1-2-9-18(16-25(30)29-15-8-7-14-24(29)26(31)32)28-27(33)34-17-23-21-12-5-3-10-19(21)20-11-4-6-13-22(20)23/h3-6,10-13,18,23-24H,2,7-9,14-17H2,1H3,(H,28,33)(H,31,32)/t18?,24-/m1/s1. The number of carboxylic acid groups (broad SMARTS) is 1. The average molecular weight is 465 g/mol. The van der Waals surface area contributed by atoms with Gasteiger partial charge in [-0.05, 0) is 47.9 Å². The van der Waals surface area contributed by atoms with Gasteiger partial charge in [-0.1, -0.05) is 61.9 Å². The predicted octanol–water partition coefficient (Wildman–Crippen LogP) is 4.55. The highest BCUT2D eigenvalue weighted by Crippen LogP contribution is 2.44. The third-order valence-electron chi connectivity index (χ3n) is 6.83. The van der Waals surface area contributed by atoms with Gasteiger partial charge in [-0.2, -0.15) is 0 Å². The van der Waals surface area contributed by atoms with Crippen LogP contribution in [-0.4, -0.2) is 53.2 Å². The van der Waals surface area contributed by atoms with Crippen molar-refractivity contribution in [3.63, 3.8) is 0 Å². The maximum Gasteiger partial charge on any atom is 0.407 e. The summed E-state index contributed by atoms with van der Waals surface area (Å²) in [5.74, 6) is -1.23. The predicted molar refractivity (Wildman–Crippen MR) is 129 cm³/mol. The maximum absolute atomic E-state index is 12.9. The molecule has 0 radical (unpaired) electrons. The number of alkyl carbamates (subject to hydrolysis) is 1. The van der Waals surface area contributed by atoms with Crippen LogP contribution in [0.4, 0.5) is 4.79 Å². The molecule has 2 aromatic carbocycles. The van der Waals surface area contributed by atoms with Crippen molar-refractivity contribution < 1.29 is 24.2 Å². The Hall–Kier alpha value is -3.35. The molecule has 2 amide bonds. The van der Waals surface area contributed by atoms with Gasteiger partial charge in [-0.25, -0.2) is 9.59 Å². The summed E-state index contributed by atoms with van der Waals surface area (Å²) in [6, 6.07) is 15.1. The molecule has 1 heterocycles. The van der Waals surface area contributed by atoms with Crippen LogP contribution >= 0.6 is 0 Å². The summed E-state index contributed by atoms with van der Waals surface area (Å²) in [6.45, 7) is 2.64. The fraction of sp³-hybridized carbons (Fsp3) is 0.444. The van der Waals surface area contributed by atoms with E-state index in [0.717, 1.165) is 41.5 Å². The van der Waals surface area contributed by atoms with Gasteiger partial charge in [0.15, 0.2) is 0 Å². The Kier molecular flexibility index (Phi) is 7.50. The number of benzene rings is 2. The number of nitrogens with zero attached hydrogens (tertiary/aromatic N) is 1. The largest absolute Gasteiger partial charge is 0.480 e. The normalized spacial score (nSPS) is 18.0. The van der Waals surface area contributed by atoms with E-state index in [1.165, 1.54) is 4.90 Å². The number of fused-ring (bicyclic) bond motifs is 3. The first-order chi connectivity index (χ1) is 16.5. The Morgan fingerprint density at radius 2 is 1.71 bits per heavy atom. The molecule has 7 nitrogen and oxygen atoms in total. The molecule has 2 atom stereocenters. The van der Waals surface area contributed by atoms with Crippen molar-refractivity contribution in [3.8, 4) is 11.1 Å². The number of ether oxygens (including phenoxy) is 1.